The first-order valence-electron chi connectivity index (χ1n) is 6.40. The molecular weight excluding hydrogens is 256 g/mol. The van der Waals surface area contributed by atoms with Crippen molar-refractivity contribution in [2.75, 3.05) is 0 Å². The number of fused-ring (bicyclic) bond motifs is 1. The normalized spacial score (nSPS) is 11.1. The Morgan fingerprint density at radius 1 is 1.11 bits per heavy atom. The second kappa shape index (κ2) is 5.06. The van der Waals surface area contributed by atoms with Crippen LogP contribution in [0.5, 0.6) is 0 Å². The van der Waals surface area contributed by atoms with Crippen molar-refractivity contribution in [1.29, 1.82) is 0 Å². The van der Waals surface area contributed by atoms with Gasteiger partial charge in [0.2, 0.25) is 0 Å². The molecule has 0 spiro atoms. The monoisotopic (exact) mass is 270 g/mol. The Labute approximate surface area is 118 Å². The molecule has 0 bridgehead atoms. The number of aromatic nitrogens is 2. The maximum absolute atomic E-state index is 6.12. The van der Waals surface area contributed by atoms with Gasteiger partial charge in [0, 0.05) is 18.3 Å². The minimum absolute atomic E-state index is 0.606. The third kappa shape index (κ3) is 2.36. The molecule has 3 rings (SSSR count). The highest BCUT2D eigenvalue weighted by molar-refractivity contribution is 6.31. The summed E-state index contributed by atoms with van der Waals surface area (Å²) in [6.07, 6.45) is 3.06. The van der Waals surface area contributed by atoms with Gasteiger partial charge >= 0.3 is 0 Å². The first-order valence-corrected chi connectivity index (χ1v) is 6.78. The van der Waals surface area contributed by atoms with Gasteiger partial charge in [-0.05, 0) is 36.6 Å². The van der Waals surface area contributed by atoms with Crippen molar-refractivity contribution in [3.8, 4) is 11.4 Å². The van der Waals surface area contributed by atoms with Crippen LogP contribution in [-0.2, 0) is 13.0 Å². The van der Waals surface area contributed by atoms with Crippen LogP contribution in [0.2, 0.25) is 5.15 Å². The van der Waals surface area contributed by atoms with Crippen molar-refractivity contribution in [3.05, 3.63) is 64.9 Å². The Bertz CT molecular complexity index is 658. The molecule has 0 aromatic heterocycles. The fourth-order valence-corrected chi connectivity index (χ4v) is 2.50. The number of halogens is 1. The third-order valence-corrected chi connectivity index (χ3v) is 3.81. The van der Waals surface area contributed by atoms with Crippen LogP contribution in [0.15, 0.2) is 48.7 Å². The molecule has 0 radical (unpaired) electrons. The second-order valence-corrected chi connectivity index (χ2v) is 5.06. The molecule has 0 fully saturated rings. The van der Waals surface area contributed by atoms with E-state index in [1.807, 2.05) is 13.0 Å². The maximum atomic E-state index is 6.12. The number of benzene rings is 1. The zero-order chi connectivity index (χ0) is 13.2. The molecule has 0 amide bonds. The molecule has 0 saturated carbocycles. The van der Waals surface area contributed by atoms with Crippen LogP contribution in [0.25, 0.3) is 11.4 Å². The third-order valence-electron chi connectivity index (χ3n) is 3.44. The van der Waals surface area contributed by atoms with Crippen molar-refractivity contribution in [2.24, 2.45) is 0 Å². The highest BCUT2D eigenvalue weighted by Gasteiger charge is 2.15. The van der Waals surface area contributed by atoms with Gasteiger partial charge in [-0.1, -0.05) is 41.9 Å². The van der Waals surface area contributed by atoms with Gasteiger partial charge in [-0.25, -0.2) is 4.98 Å². The molecule has 1 aromatic carbocycles. The van der Waals surface area contributed by atoms with Crippen molar-refractivity contribution < 1.29 is 0 Å². The lowest BCUT2D eigenvalue weighted by Crippen LogP contribution is -2.05. The zero-order valence-electron chi connectivity index (χ0n) is 10.8. The molecule has 0 N–H and O–H groups in total. The van der Waals surface area contributed by atoms with Gasteiger partial charge in [0.15, 0.2) is 0 Å². The Kier molecular flexibility index (Phi) is 3.26. The minimum atomic E-state index is 0.606. The van der Waals surface area contributed by atoms with E-state index in [4.69, 9.17) is 11.6 Å². The van der Waals surface area contributed by atoms with E-state index < -0.39 is 0 Å². The van der Waals surface area contributed by atoms with Gasteiger partial charge in [0.1, 0.15) is 11.0 Å². The minimum Gasteiger partial charge on any atom is -0.332 e. The van der Waals surface area contributed by atoms with Gasteiger partial charge in [0.05, 0.1) is 0 Å². The summed E-state index contributed by atoms with van der Waals surface area (Å²) in [6.45, 7) is 2.92. The van der Waals surface area contributed by atoms with Crippen LogP contribution in [0.4, 0.5) is 0 Å². The topological polar surface area (TPSA) is 17.8 Å². The van der Waals surface area contributed by atoms with Crippen molar-refractivity contribution in [2.45, 2.75) is 19.9 Å². The molecule has 0 atom stereocenters. The molecule has 2 aliphatic heterocycles. The van der Waals surface area contributed by atoms with Gasteiger partial charge < -0.3 is 4.57 Å². The average Bonchev–Trinajstić information content (AvgIpc) is 2.74. The van der Waals surface area contributed by atoms with Gasteiger partial charge in [-0.3, -0.25) is 0 Å². The Morgan fingerprint density at radius 3 is 2.68 bits per heavy atom. The van der Waals surface area contributed by atoms with E-state index in [9.17, 15) is 0 Å². The van der Waals surface area contributed by atoms with Gasteiger partial charge in [-0.2, -0.15) is 0 Å². The number of hydrogen-bond donors (Lipinski definition) is 0. The smallest absolute Gasteiger partial charge is 0.141 e. The van der Waals surface area contributed by atoms with Crippen LogP contribution < -0.4 is 0 Å². The number of hydrogen-bond acceptors (Lipinski definition) is 1. The first kappa shape index (κ1) is 12.2. The standard InChI is InChI=1S/C16H15ClN2/c1-12-14-8-5-10-19(16(14)18-15(12)17)11-9-13-6-3-2-4-7-13/h2-8,10H,9,11H2,1H3. The van der Waals surface area contributed by atoms with Crippen molar-refractivity contribution >= 4 is 11.6 Å². The van der Waals surface area contributed by atoms with E-state index >= 15 is 0 Å². The fourth-order valence-electron chi connectivity index (χ4n) is 2.32. The van der Waals surface area contributed by atoms with Crippen LogP contribution in [-0.4, -0.2) is 9.55 Å². The summed E-state index contributed by atoms with van der Waals surface area (Å²) in [6, 6.07) is 14.6. The lowest BCUT2D eigenvalue weighted by Gasteiger charge is -2.11. The molecule has 0 aliphatic carbocycles. The molecule has 2 nitrogen and oxygen atoms in total. The van der Waals surface area contributed by atoms with E-state index in [0.29, 0.717) is 5.15 Å². The SMILES string of the molecule is Cc1c2cccn(CCc3ccccc3)c-2nc1Cl. The summed E-state index contributed by atoms with van der Waals surface area (Å²) in [4.78, 5) is 4.45. The molecule has 3 heteroatoms. The second-order valence-electron chi connectivity index (χ2n) is 4.70. The summed E-state index contributed by atoms with van der Waals surface area (Å²) in [5.74, 6) is 0.973. The zero-order valence-corrected chi connectivity index (χ0v) is 11.6. The number of pyridine rings is 1. The molecule has 1 aromatic rings. The first-order chi connectivity index (χ1) is 9.25. The predicted molar refractivity (Wildman–Crippen MR) is 78.7 cm³/mol. The Balaban J connectivity index is 1.87. The van der Waals surface area contributed by atoms with E-state index in [2.05, 4.69) is 52.1 Å². The number of rotatable bonds is 3. The highest BCUT2D eigenvalue weighted by atomic mass is 35.5. The van der Waals surface area contributed by atoms with Crippen LogP contribution in [0, 0.1) is 6.92 Å². The van der Waals surface area contributed by atoms with Crippen molar-refractivity contribution in [1.82, 2.24) is 9.55 Å². The predicted octanol–water partition coefficient (Wildman–Crippen LogP) is 4.19. The van der Waals surface area contributed by atoms with Crippen molar-refractivity contribution in [3.63, 3.8) is 0 Å². The van der Waals surface area contributed by atoms with E-state index in [0.717, 1.165) is 29.9 Å². The molecule has 0 saturated heterocycles. The number of aryl methyl sites for hydroxylation is 2. The molecule has 2 aliphatic rings. The summed E-state index contributed by atoms with van der Waals surface area (Å²) in [5, 5.41) is 0.606. The molecular formula is C16H15ClN2. The summed E-state index contributed by atoms with van der Waals surface area (Å²) in [7, 11) is 0. The molecule has 2 heterocycles. The Morgan fingerprint density at radius 2 is 1.89 bits per heavy atom. The quantitative estimate of drug-likeness (QED) is 0.698. The summed E-state index contributed by atoms with van der Waals surface area (Å²) in [5.41, 5.74) is 3.53. The molecule has 19 heavy (non-hydrogen) atoms. The van der Waals surface area contributed by atoms with E-state index in [-0.39, 0.29) is 0 Å². The lowest BCUT2D eigenvalue weighted by molar-refractivity contribution is 0.689. The van der Waals surface area contributed by atoms with Gasteiger partial charge in [0.25, 0.3) is 0 Å². The summed E-state index contributed by atoms with van der Waals surface area (Å²) < 4.78 is 2.17. The molecule has 96 valence electrons. The van der Waals surface area contributed by atoms with E-state index in [1.54, 1.807) is 0 Å². The van der Waals surface area contributed by atoms with Gasteiger partial charge in [-0.15, -0.1) is 0 Å². The maximum Gasteiger partial charge on any atom is 0.141 e. The van der Waals surface area contributed by atoms with Crippen LogP contribution in [0.3, 0.4) is 0 Å². The molecule has 0 unspecified atom stereocenters. The summed E-state index contributed by atoms with van der Waals surface area (Å²) >= 11 is 6.12. The lowest BCUT2D eigenvalue weighted by atomic mass is 10.1. The fraction of sp³-hybridized carbons (Fsp3) is 0.188. The van der Waals surface area contributed by atoms with E-state index in [1.165, 1.54) is 5.56 Å². The highest BCUT2D eigenvalue weighted by Crippen LogP contribution is 2.30. The largest absolute Gasteiger partial charge is 0.332 e. The van der Waals surface area contributed by atoms with Crippen LogP contribution in [0.1, 0.15) is 11.1 Å². The number of nitrogens with zero attached hydrogens (tertiary/aromatic N) is 2. The van der Waals surface area contributed by atoms with Crippen LogP contribution >= 0.6 is 11.6 Å². The average molecular weight is 271 g/mol. The Hall–Kier alpha value is -1.80.